The molecule has 2 nitrogen and oxygen atoms in total. The zero-order valence-corrected chi connectivity index (χ0v) is 7.82. The van der Waals surface area contributed by atoms with Crippen LogP contribution in [-0.4, -0.2) is 5.16 Å². The summed E-state index contributed by atoms with van der Waals surface area (Å²) in [5.41, 5.74) is 2.03. The second kappa shape index (κ2) is 2.58. The van der Waals surface area contributed by atoms with E-state index in [0.29, 0.717) is 0 Å². The third kappa shape index (κ3) is 0.880. The van der Waals surface area contributed by atoms with Crippen LogP contribution in [0.15, 0.2) is 41.1 Å². The average Bonchev–Trinajstić information content (AvgIpc) is 2.67. The molecule has 14 heavy (non-hydrogen) atoms. The Morgan fingerprint density at radius 2 is 2.00 bits per heavy atom. The van der Waals surface area contributed by atoms with Crippen molar-refractivity contribution in [3.63, 3.8) is 0 Å². The number of nitrogens with zero attached hydrogens (tertiary/aromatic N) is 1. The predicted molar refractivity (Wildman–Crippen MR) is 56.3 cm³/mol. The monoisotopic (exact) mass is 183 g/mol. The van der Waals surface area contributed by atoms with Gasteiger partial charge >= 0.3 is 0 Å². The number of hydrogen-bond donors (Lipinski definition) is 0. The van der Waals surface area contributed by atoms with Gasteiger partial charge in [0.15, 0.2) is 5.58 Å². The van der Waals surface area contributed by atoms with Crippen molar-refractivity contribution in [2.45, 2.75) is 6.92 Å². The van der Waals surface area contributed by atoms with Crippen LogP contribution in [0.3, 0.4) is 0 Å². The number of fused-ring (bicyclic) bond motifs is 3. The Labute approximate surface area is 81.1 Å². The maximum absolute atomic E-state index is 5.21. The molecule has 0 bridgehead atoms. The Balaban J connectivity index is 2.66. The molecule has 0 aliphatic rings. The Kier molecular flexibility index (Phi) is 1.39. The molecule has 2 aromatic carbocycles. The van der Waals surface area contributed by atoms with E-state index in [1.807, 2.05) is 19.1 Å². The molecule has 1 heterocycles. The first kappa shape index (κ1) is 7.56. The van der Waals surface area contributed by atoms with Gasteiger partial charge in [0.2, 0.25) is 0 Å². The Morgan fingerprint density at radius 3 is 2.93 bits per heavy atom. The predicted octanol–water partition coefficient (Wildman–Crippen LogP) is 3.29. The van der Waals surface area contributed by atoms with Crippen LogP contribution in [0.1, 0.15) is 5.56 Å². The van der Waals surface area contributed by atoms with Crippen molar-refractivity contribution in [3.8, 4) is 0 Å². The molecule has 0 fully saturated rings. The van der Waals surface area contributed by atoms with Crippen LogP contribution < -0.4 is 0 Å². The summed E-state index contributed by atoms with van der Waals surface area (Å²) in [6, 6.07) is 10.4. The summed E-state index contributed by atoms with van der Waals surface area (Å²) in [5.74, 6) is 0. The summed E-state index contributed by atoms with van der Waals surface area (Å²) >= 11 is 0. The van der Waals surface area contributed by atoms with Gasteiger partial charge in [-0.15, -0.1) is 0 Å². The number of aryl methyl sites for hydroxylation is 1. The van der Waals surface area contributed by atoms with Gasteiger partial charge in [-0.1, -0.05) is 29.4 Å². The van der Waals surface area contributed by atoms with Gasteiger partial charge in [-0.05, 0) is 29.3 Å². The molecular formula is C12H9NO. The molecule has 0 radical (unpaired) electrons. The summed E-state index contributed by atoms with van der Waals surface area (Å²) in [7, 11) is 0. The first-order valence-corrected chi connectivity index (χ1v) is 4.59. The van der Waals surface area contributed by atoms with Gasteiger partial charge in [0, 0.05) is 5.39 Å². The zero-order valence-electron chi connectivity index (χ0n) is 7.82. The van der Waals surface area contributed by atoms with Gasteiger partial charge in [0.1, 0.15) is 0 Å². The van der Waals surface area contributed by atoms with Crippen LogP contribution in [0.4, 0.5) is 0 Å². The van der Waals surface area contributed by atoms with Gasteiger partial charge in [0.05, 0.1) is 6.20 Å². The zero-order chi connectivity index (χ0) is 9.54. The third-order valence-electron chi connectivity index (χ3n) is 2.55. The van der Waals surface area contributed by atoms with E-state index in [-0.39, 0.29) is 0 Å². The molecule has 0 unspecified atom stereocenters. The SMILES string of the molecule is Cc1cc2ccccc2c2cnoc12. The summed E-state index contributed by atoms with van der Waals surface area (Å²) < 4.78 is 5.21. The van der Waals surface area contributed by atoms with E-state index in [2.05, 4.69) is 23.4 Å². The molecule has 0 aliphatic carbocycles. The molecule has 0 atom stereocenters. The summed E-state index contributed by atoms with van der Waals surface area (Å²) in [6.45, 7) is 2.04. The van der Waals surface area contributed by atoms with E-state index >= 15 is 0 Å². The molecular weight excluding hydrogens is 174 g/mol. The summed E-state index contributed by atoms with van der Waals surface area (Å²) in [5, 5.41) is 7.37. The topological polar surface area (TPSA) is 26.0 Å². The second-order valence-electron chi connectivity index (χ2n) is 3.48. The lowest BCUT2D eigenvalue weighted by molar-refractivity contribution is 0.455. The van der Waals surface area contributed by atoms with Crippen molar-refractivity contribution in [1.82, 2.24) is 5.16 Å². The van der Waals surface area contributed by atoms with Gasteiger partial charge in [-0.3, -0.25) is 0 Å². The lowest BCUT2D eigenvalue weighted by atomic mass is 10.0. The number of benzene rings is 2. The quantitative estimate of drug-likeness (QED) is 0.534. The van der Waals surface area contributed by atoms with E-state index in [0.717, 1.165) is 16.5 Å². The molecule has 0 saturated carbocycles. The standard InChI is InChI=1S/C12H9NO/c1-8-6-9-4-2-3-5-10(9)11-7-13-14-12(8)11/h2-7H,1H3. The molecule has 68 valence electrons. The minimum Gasteiger partial charge on any atom is -0.356 e. The highest BCUT2D eigenvalue weighted by Gasteiger charge is 2.06. The molecule has 0 N–H and O–H groups in total. The van der Waals surface area contributed by atoms with Crippen molar-refractivity contribution in [3.05, 3.63) is 42.1 Å². The van der Waals surface area contributed by atoms with Crippen LogP contribution in [0.5, 0.6) is 0 Å². The van der Waals surface area contributed by atoms with E-state index in [9.17, 15) is 0 Å². The first-order chi connectivity index (χ1) is 6.86. The third-order valence-corrected chi connectivity index (χ3v) is 2.55. The van der Waals surface area contributed by atoms with Crippen molar-refractivity contribution >= 4 is 21.7 Å². The fraction of sp³-hybridized carbons (Fsp3) is 0.0833. The summed E-state index contributed by atoms with van der Waals surface area (Å²) in [4.78, 5) is 0. The van der Waals surface area contributed by atoms with Crippen LogP contribution in [-0.2, 0) is 0 Å². The molecule has 3 aromatic rings. The fourth-order valence-electron chi connectivity index (χ4n) is 1.88. The highest BCUT2D eigenvalue weighted by Crippen LogP contribution is 2.27. The van der Waals surface area contributed by atoms with E-state index in [1.165, 1.54) is 10.8 Å². The normalized spacial score (nSPS) is 11.2. The molecule has 3 rings (SSSR count). The van der Waals surface area contributed by atoms with Gasteiger partial charge < -0.3 is 4.52 Å². The molecule has 0 saturated heterocycles. The van der Waals surface area contributed by atoms with E-state index in [4.69, 9.17) is 4.52 Å². The average molecular weight is 183 g/mol. The van der Waals surface area contributed by atoms with Crippen molar-refractivity contribution in [2.24, 2.45) is 0 Å². The Morgan fingerprint density at radius 1 is 1.14 bits per heavy atom. The molecule has 0 amide bonds. The lowest BCUT2D eigenvalue weighted by Gasteiger charge is -1.99. The molecule has 0 aliphatic heterocycles. The fourth-order valence-corrected chi connectivity index (χ4v) is 1.88. The number of hydrogen-bond acceptors (Lipinski definition) is 2. The van der Waals surface area contributed by atoms with Crippen molar-refractivity contribution in [2.75, 3.05) is 0 Å². The van der Waals surface area contributed by atoms with Gasteiger partial charge in [-0.2, -0.15) is 0 Å². The van der Waals surface area contributed by atoms with Gasteiger partial charge in [0.25, 0.3) is 0 Å². The van der Waals surface area contributed by atoms with Crippen LogP contribution in [0.2, 0.25) is 0 Å². The lowest BCUT2D eigenvalue weighted by Crippen LogP contribution is -1.77. The second-order valence-corrected chi connectivity index (χ2v) is 3.48. The number of rotatable bonds is 0. The maximum atomic E-state index is 5.21. The first-order valence-electron chi connectivity index (χ1n) is 4.59. The molecule has 1 aromatic heterocycles. The van der Waals surface area contributed by atoms with E-state index < -0.39 is 0 Å². The smallest absolute Gasteiger partial charge is 0.170 e. The van der Waals surface area contributed by atoms with Crippen LogP contribution in [0, 0.1) is 6.92 Å². The minimum absolute atomic E-state index is 0.892. The summed E-state index contributed by atoms with van der Waals surface area (Å²) in [6.07, 6.45) is 1.78. The van der Waals surface area contributed by atoms with Crippen LogP contribution >= 0.6 is 0 Å². The Hall–Kier alpha value is -1.83. The molecule has 0 spiro atoms. The van der Waals surface area contributed by atoms with Gasteiger partial charge in [-0.25, -0.2) is 0 Å². The highest BCUT2D eigenvalue weighted by atomic mass is 16.5. The highest BCUT2D eigenvalue weighted by molar-refractivity contribution is 6.06. The van der Waals surface area contributed by atoms with Crippen molar-refractivity contribution in [1.29, 1.82) is 0 Å². The Bertz CT molecular complexity index is 610. The van der Waals surface area contributed by atoms with E-state index in [1.54, 1.807) is 6.20 Å². The largest absolute Gasteiger partial charge is 0.356 e. The van der Waals surface area contributed by atoms with Crippen molar-refractivity contribution < 1.29 is 4.52 Å². The van der Waals surface area contributed by atoms with Crippen LogP contribution in [0.25, 0.3) is 21.7 Å². The molecule has 2 heteroatoms. The number of aromatic nitrogens is 1. The maximum Gasteiger partial charge on any atom is 0.170 e. The minimum atomic E-state index is 0.892.